The molecule has 0 aliphatic carbocycles. The van der Waals surface area contributed by atoms with E-state index in [1.54, 1.807) is 37.3 Å². The Morgan fingerprint density at radius 1 is 0.926 bits per heavy atom. The Morgan fingerprint density at radius 2 is 1.67 bits per heavy atom. The summed E-state index contributed by atoms with van der Waals surface area (Å²) in [6, 6.07) is 17.6. The first-order valence-corrected chi connectivity index (χ1v) is 8.22. The molecule has 0 saturated heterocycles. The predicted molar refractivity (Wildman–Crippen MR) is 102 cm³/mol. The summed E-state index contributed by atoms with van der Waals surface area (Å²) in [5.74, 6) is 0.100. The van der Waals surface area contributed by atoms with Crippen molar-refractivity contribution in [1.29, 1.82) is 0 Å². The average Bonchev–Trinajstić information content (AvgIpc) is 2.68. The number of nitrogens with zero attached hydrogens (tertiary/aromatic N) is 2. The van der Waals surface area contributed by atoms with Gasteiger partial charge in [-0.15, -0.1) is 0 Å². The SMILES string of the molecule is COC(=O)c1cccc(NC(=O)c2cc(Nc3ccccc3)nc(C)n2)c1. The number of carbonyl (C=O) groups excluding carboxylic acids is 2. The number of amides is 1. The van der Waals surface area contributed by atoms with Crippen molar-refractivity contribution in [2.45, 2.75) is 6.92 Å². The number of aromatic nitrogens is 2. The summed E-state index contributed by atoms with van der Waals surface area (Å²) in [5.41, 5.74) is 1.88. The van der Waals surface area contributed by atoms with E-state index in [4.69, 9.17) is 0 Å². The summed E-state index contributed by atoms with van der Waals surface area (Å²) in [6.45, 7) is 1.71. The molecular formula is C20H18N4O3. The van der Waals surface area contributed by atoms with Crippen molar-refractivity contribution >= 4 is 29.1 Å². The molecule has 0 radical (unpaired) electrons. The number of esters is 1. The molecule has 1 aromatic heterocycles. The van der Waals surface area contributed by atoms with E-state index in [2.05, 4.69) is 25.3 Å². The monoisotopic (exact) mass is 362 g/mol. The van der Waals surface area contributed by atoms with Gasteiger partial charge >= 0.3 is 5.97 Å². The van der Waals surface area contributed by atoms with Crippen molar-refractivity contribution in [3.05, 3.63) is 77.7 Å². The fourth-order valence-electron chi connectivity index (χ4n) is 2.45. The highest BCUT2D eigenvalue weighted by Crippen LogP contribution is 2.17. The standard InChI is InChI=1S/C20H18N4O3/c1-13-21-17(12-18(22-13)23-15-8-4-3-5-9-15)19(25)24-16-10-6-7-14(11-16)20(26)27-2/h3-12H,1-2H3,(H,24,25)(H,21,22,23). The van der Waals surface area contributed by atoms with Gasteiger partial charge in [0.2, 0.25) is 0 Å². The number of aryl methyl sites for hydroxylation is 1. The topological polar surface area (TPSA) is 93.2 Å². The van der Waals surface area contributed by atoms with Gasteiger partial charge in [-0.25, -0.2) is 14.8 Å². The van der Waals surface area contributed by atoms with Gasteiger partial charge in [-0.05, 0) is 37.3 Å². The number of benzene rings is 2. The number of nitrogens with one attached hydrogen (secondary N) is 2. The number of ether oxygens (including phenoxy) is 1. The van der Waals surface area contributed by atoms with Crippen LogP contribution in [0.1, 0.15) is 26.7 Å². The zero-order valence-electron chi connectivity index (χ0n) is 14.9. The molecular weight excluding hydrogens is 344 g/mol. The van der Waals surface area contributed by atoms with Gasteiger partial charge in [0.15, 0.2) is 0 Å². The quantitative estimate of drug-likeness (QED) is 0.674. The zero-order chi connectivity index (χ0) is 19.2. The summed E-state index contributed by atoms with van der Waals surface area (Å²) < 4.78 is 4.69. The second kappa shape index (κ2) is 8.09. The molecule has 0 atom stereocenters. The second-order valence-corrected chi connectivity index (χ2v) is 5.70. The first-order chi connectivity index (χ1) is 13.0. The van der Waals surface area contributed by atoms with Crippen LogP contribution in [0.2, 0.25) is 0 Å². The van der Waals surface area contributed by atoms with Crippen molar-refractivity contribution < 1.29 is 14.3 Å². The van der Waals surface area contributed by atoms with Crippen molar-refractivity contribution in [3.63, 3.8) is 0 Å². The van der Waals surface area contributed by atoms with E-state index in [-0.39, 0.29) is 5.69 Å². The molecule has 0 spiro atoms. The van der Waals surface area contributed by atoms with E-state index >= 15 is 0 Å². The van der Waals surface area contributed by atoms with Crippen molar-refractivity contribution in [2.75, 3.05) is 17.7 Å². The number of methoxy groups -OCH3 is 1. The van der Waals surface area contributed by atoms with Crippen molar-refractivity contribution in [3.8, 4) is 0 Å². The third-order valence-corrected chi connectivity index (χ3v) is 3.66. The Labute approximate surface area is 156 Å². The Hall–Kier alpha value is -3.74. The molecule has 0 unspecified atom stereocenters. The van der Waals surface area contributed by atoms with Crippen LogP contribution in [0, 0.1) is 6.92 Å². The van der Waals surface area contributed by atoms with Gasteiger partial charge in [0.05, 0.1) is 12.7 Å². The second-order valence-electron chi connectivity index (χ2n) is 5.70. The van der Waals surface area contributed by atoms with Crippen molar-refractivity contribution in [2.24, 2.45) is 0 Å². The first kappa shape index (κ1) is 18.1. The highest BCUT2D eigenvalue weighted by Gasteiger charge is 2.13. The van der Waals surface area contributed by atoms with E-state index < -0.39 is 11.9 Å². The van der Waals surface area contributed by atoms with Gasteiger partial charge in [-0.2, -0.15) is 0 Å². The molecule has 0 aliphatic heterocycles. The lowest BCUT2D eigenvalue weighted by molar-refractivity contribution is 0.0600. The number of hydrogen-bond donors (Lipinski definition) is 2. The van der Waals surface area contributed by atoms with Gasteiger partial charge in [0.25, 0.3) is 5.91 Å². The molecule has 1 heterocycles. The molecule has 0 aliphatic rings. The molecule has 136 valence electrons. The molecule has 1 amide bonds. The van der Waals surface area contributed by atoms with Crippen LogP contribution in [-0.2, 0) is 4.74 Å². The minimum atomic E-state index is -0.474. The lowest BCUT2D eigenvalue weighted by atomic mass is 10.2. The highest BCUT2D eigenvalue weighted by molar-refractivity contribution is 6.04. The maximum absolute atomic E-state index is 12.6. The van der Waals surface area contributed by atoms with Gasteiger partial charge in [-0.1, -0.05) is 24.3 Å². The summed E-state index contributed by atoms with van der Waals surface area (Å²) in [5, 5.41) is 5.87. The first-order valence-electron chi connectivity index (χ1n) is 8.22. The van der Waals surface area contributed by atoms with E-state index in [1.165, 1.54) is 7.11 Å². The van der Waals surface area contributed by atoms with E-state index in [0.717, 1.165) is 5.69 Å². The van der Waals surface area contributed by atoms with Gasteiger partial charge in [0, 0.05) is 17.4 Å². The molecule has 3 aromatic rings. The fraction of sp³-hybridized carbons (Fsp3) is 0.100. The van der Waals surface area contributed by atoms with Crippen LogP contribution in [0.15, 0.2) is 60.7 Å². The summed E-state index contributed by atoms with van der Waals surface area (Å²) in [4.78, 5) is 32.7. The van der Waals surface area contributed by atoms with Crippen LogP contribution in [0.25, 0.3) is 0 Å². The third-order valence-electron chi connectivity index (χ3n) is 3.66. The predicted octanol–water partition coefficient (Wildman–Crippen LogP) is 3.57. The normalized spacial score (nSPS) is 10.1. The molecule has 2 aromatic carbocycles. The third kappa shape index (κ3) is 4.66. The summed E-state index contributed by atoms with van der Waals surface area (Å²) in [7, 11) is 1.30. The number of hydrogen-bond acceptors (Lipinski definition) is 6. The molecule has 27 heavy (non-hydrogen) atoms. The zero-order valence-corrected chi connectivity index (χ0v) is 14.9. The fourth-order valence-corrected chi connectivity index (χ4v) is 2.45. The van der Waals surface area contributed by atoms with Gasteiger partial charge in [0.1, 0.15) is 17.3 Å². The van der Waals surface area contributed by atoms with E-state index in [1.807, 2.05) is 30.3 Å². The summed E-state index contributed by atoms with van der Waals surface area (Å²) >= 11 is 0. The Balaban J connectivity index is 1.80. The molecule has 2 N–H and O–H groups in total. The van der Waals surface area contributed by atoms with Gasteiger partial charge in [-0.3, -0.25) is 4.79 Å². The largest absolute Gasteiger partial charge is 0.465 e. The van der Waals surface area contributed by atoms with Crippen molar-refractivity contribution in [1.82, 2.24) is 9.97 Å². The number of rotatable bonds is 5. The van der Waals surface area contributed by atoms with E-state index in [9.17, 15) is 9.59 Å². The highest BCUT2D eigenvalue weighted by atomic mass is 16.5. The lowest BCUT2D eigenvalue weighted by Gasteiger charge is -2.10. The molecule has 0 fully saturated rings. The molecule has 0 bridgehead atoms. The minimum Gasteiger partial charge on any atom is -0.465 e. The van der Waals surface area contributed by atoms with Crippen LogP contribution >= 0.6 is 0 Å². The molecule has 7 heteroatoms. The van der Waals surface area contributed by atoms with Crippen LogP contribution in [-0.4, -0.2) is 29.0 Å². The Bertz CT molecular complexity index is 974. The summed E-state index contributed by atoms with van der Waals surface area (Å²) in [6.07, 6.45) is 0. The average molecular weight is 362 g/mol. The van der Waals surface area contributed by atoms with E-state index in [0.29, 0.717) is 22.9 Å². The van der Waals surface area contributed by atoms with Crippen LogP contribution in [0.5, 0.6) is 0 Å². The van der Waals surface area contributed by atoms with Crippen LogP contribution in [0.4, 0.5) is 17.2 Å². The number of anilines is 3. The Morgan fingerprint density at radius 3 is 2.41 bits per heavy atom. The number of carbonyl (C=O) groups is 2. The smallest absolute Gasteiger partial charge is 0.337 e. The maximum Gasteiger partial charge on any atom is 0.337 e. The Kier molecular flexibility index (Phi) is 5.41. The molecule has 0 saturated carbocycles. The minimum absolute atomic E-state index is 0.212. The maximum atomic E-state index is 12.6. The van der Waals surface area contributed by atoms with Gasteiger partial charge < -0.3 is 15.4 Å². The molecule has 7 nitrogen and oxygen atoms in total. The molecule has 3 rings (SSSR count). The van der Waals surface area contributed by atoms with Crippen LogP contribution in [0.3, 0.4) is 0 Å². The van der Waals surface area contributed by atoms with Crippen LogP contribution < -0.4 is 10.6 Å². The lowest BCUT2D eigenvalue weighted by Crippen LogP contribution is -2.16. The number of para-hydroxylation sites is 1.